The van der Waals surface area contributed by atoms with E-state index in [9.17, 15) is 4.79 Å². The summed E-state index contributed by atoms with van der Waals surface area (Å²) in [7, 11) is 1.32. The molecule has 1 heterocycles. The van der Waals surface area contributed by atoms with Crippen LogP contribution in [0.3, 0.4) is 0 Å². The lowest BCUT2D eigenvalue weighted by molar-refractivity contribution is 0.0600. The van der Waals surface area contributed by atoms with E-state index in [1.165, 1.54) is 7.11 Å². The molecule has 1 aromatic heterocycles. The molecule has 1 aromatic carbocycles. The van der Waals surface area contributed by atoms with E-state index in [1.54, 1.807) is 34.9 Å². The van der Waals surface area contributed by atoms with Crippen LogP contribution in [-0.4, -0.2) is 17.6 Å². The number of nitriles is 1. The molecule has 0 spiro atoms. The maximum Gasteiger partial charge on any atom is 0.337 e. The Morgan fingerprint density at radius 2 is 2.05 bits per heavy atom. The number of nitrogens with zero attached hydrogens (tertiary/aromatic N) is 2. The summed E-state index contributed by atoms with van der Waals surface area (Å²) in [6, 6.07) is 10.1. The average molecular weight is 285 g/mol. The van der Waals surface area contributed by atoms with Crippen molar-refractivity contribution in [1.29, 1.82) is 5.26 Å². The summed E-state index contributed by atoms with van der Waals surface area (Å²) in [6.07, 6.45) is 0. The first-order chi connectivity index (χ1) is 10.1. The Morgan fingerprint density at radius 3 is 2.57 bits per heavy atom. The van der Waals surface area contributed by atoms with Gasteiger partial charge >= 0.3 is 5.97 Å². The van der Waals surface area contributed by atoms with Crippen LogP contribution in [0.1, 0.15) is 23.0 Å². The molecule has 0 amide bonds. The Bertz CT molecular complexity index is 696. The van der Waals surface area contributed by atoms with Crippen molar-refractivity contribution in [1.82, 2.24) is 4.57 Å². The molecule has 0 fully saturated rings. The van der Waals surface area contributed by atoms with Gasteiger partial charge in [-0.15, -0.1) is 0 Å². The van der Waals surface area contributed by atoms with Gasteiger partial charge in [0.2, 0.25) is 5.88 Å². The summed E-state index contributed by atoms with van der Waals surface area (Å²) >= 11 is 0. The Hall–Kier alpha value is -2.94. The minimum absolute atomic E-state index is 0.394. The monoisotopic (exact) mass is 285 g/mol. The molecule has 0 aliphatic rings. The Balaban J connectivity index is 2.29. The molecule has 21 heavy (non-hydrogen) atoms. The molecule has 6 nitrogen and oxygen atoms in total. The lowest BCUT2D eigenvalue weighted by atomic mass is 10.2. The van der Waals surface area contributed by atoms with Crippen LogP contribution < -0.4 is 10.5 Å². The van der Waals surface area contributed by atoms with Gasteiger partial charge in [-0.25, -0.2) is 4.79 Å². The van der Waals surface area contributed by atoms with Crippen LogP contribution in [0.4, 0.5) is 5.69 Å². The zero-order chi connectivity index (χ0) is 15.4. The highest BCUT2D eigenvalue weighted by Crippen LogP contribution is 2.31. The molecule has 0 saturated carbocycles. The quantitative estimate of drug-likeness (QED) is 0.872. The van der Waals surface area contributed by atoms with Crippen molar-refractivity contribution >= 4 is 11.7 Å². The molecule has 0 unspecified atom stereocenters. The summed E-state index contributed by atoms with van der Waals surface area (Å²) in [6.45, 7) is 2.46. The number of benzene rings is 1. The molecule has 2 rings (SSSR count). The van der Waals surface area contributed by atoms with E-state index in [0.717, 1.165) is 0 Å². The first-order valence-electron chi connectivity index (χ1n) is 6.36. The van der Waals surface area contributed by atoms with Crippen LogP contribution in [0.25, 0.3) is 0 Å². The lowest BCUT2D eigenvalue weighted by Gasteiger charge is -2.10. The van der Waals surface area contributed by atoms with Gasteiger partial charge in [0.15, 0.2) is 0 Å². The topological polar surface area (TPSA) is 90.3 Å². The standard InChI is InChI=1S/C15H15N3O3/c1-3-18-11(9-16)8-13(17)14(18)21-12-6-4-10(5-7-12)15(19)20-2/h4-8H,3,17H2,1-2H3. The van der Waals surface area contributed by atoms with Crippen molar-refractivity contribution in [2.75, 3.05) is 12.8 Å². The van der Waals surface area contributed by atoms with Crippen molar-refractivity contribution in [2.24, 2.45) is 0 Å². The number of anilines is 1. The summed E-state index contributed by atoms with van der Waals surface area (Å²) in [5, 5.41) is 9.04. The number of methoxy groups -OCH3 is 1. The van der Waals surface area contributed by atoms with E-state index in [4.69, 9.17) is 15.7 Å². The van der Waals surface area contributed by atoms with Crippen LogP contribution in [0.2, 0.25) is 0 Å². The molecule has 0 aliphatic heterocycles. The number of ether oxygens (including phenoxy) is 2. The summed E-state index contributed by atoms with van der Waals surface area (Å²) < 4.78 is 12.0. The van der Waals surface area contributed by atoms with Crippen LogP contribution >= 0.6 is 0 Å². The van der Waals surface area contributed by atoms with Gasteiger partial charge in [-0.05, 0) is 31.2 Å². The Morgan fingerprint density at radius 1 is 1.38 bits per heavy atom. The number of esters is 1. The number of hydrogen-bond acceptors (Lipinski definition) is 5. The molecule has 6 heteroatoms. The number of rotatable bonds is 4. The lowest BCUT2D eigenvalue weighted by Crippen LogP contribution is -2.02. The summed E-state index contributed by atoms with van der Waals surface area (Å²) in [5.74, 6) is 0.524. The molecule has 108 valence electrons. The Kier molecular flexibility index (Phi) is 4.14. The average Bonchev–Trinajstić information content (AvgIpc) is 2.82. The predicted molar refractivity (Wildman–Crippen MR) is 77.1 cm³/mol. The third-order valence-electron chi connectivity index (χ3n) is 3.00. The maximum absolute atomic E-state index is 11.4. The van der Waals surface area contributed by atoms with Crippen molar-refractivity contribution in [3.05, 3.63) is 41.6 Å². The maximum atomic E-state index is 11.4. The van der Waals surface area contributed by atoms with Gasteiger partial charge in [0.1, 0.15) is 17.5 Å². The molecule has 0 radical (unpaired) electrons. The Labute approximate surface area is 122 Å². The highest BCUT2D eigenvalue weighted by Gasteiger charge is 2.14. The second-order valence-electron chi connectivity index (χ2n) is 4.26. The number of carbonyl (C=O) groups excluding carboxylic acids is 1. The van der Waals surface area contributed by atoms with Gasteiger partial charge in [-0.3, -0.25) is 0 Å². The molecule has 0 aliphatic carbocycles. The van der Waals surface area contributed by atoms with Crippen molar-refractivity contribution in [3.8, 4) is 17.7 Å². The fraction of sp³-hybridized carbons (Fsp3) is 0.200. The zero-order valence-corrected chi connectivity index (χ0v) is 11.8. The van der Waals surface area contributed by atoms with E-state index < -0.39 is 5.97 Å². The van der Waals surface area contributed by atoms with E-state index in [-0.39, 0.29) is 0 Å². The third kappa shape index (κ3) is 2.82. The van der Waals surface area contributed by atoms with Gasteiger partial charge in [0.25, 0.3) is 0 Å². The predicted octanol–water partition coefficient (Wildman–Crippen LogP) is 2.54. The van der Waals surface area contributed by atoms with E-state index in [0.29, 0.717) is 35.1 Å². The molecule has 2 N–H and O–H groups in total. The van der Waals surface area contributed by atoms with Crippen LogP contribution in [0.5, 0.6) is 11.6 Å². The fourth-order valence-corrected chi connectivity index (χ4v) is 1.96. The van der Waals surface area contributed by atoms with Gasteiger partial charge < -0.3 is 19.8 Å². The first kappa shape index (κ1) is 14.5. The minimum atomic E-state index is -0.412. The molecule has 0 saturated heterocycles. The first-order valence-corrected chi connectivity index (χ1v) is 6.36. The van der Waals surface area contributed by atoms with E-state index in [2.05, 4.69) is 10.8 Å². The molecule has 0 bridgehead atoms. The number of hydrogen-bond donors (Lipinski definition) is 1. The van der Waals surface area contributed by atoms with E-state index in [1.807, 2.05) is 6.92 Å². The molecular formula is C15H15N3O3. The van der Waals surface area contributed by atoms with Crippen LogP contribution in [0.15, 0.2) is 30.3 Å². The largest absolute Gasteiger partial charge is 0.465 e. The second kappa shape index (κ2) is 6.01. The number of nitrogen functional groups attached to an aromatic ring is 1. The molecule has 2 aromatic rings. The minimum Gasteiger partial charge on any atom is -0.465 e. The third-order valence-corrected chi connectivity index (χ3v) is 3.00. The van der Waals surface area contributed by atoms with Crippen molar-refractivity contribution in [3.63, 3.8) is 0 Å². The van der Waals surface area contributed by atoms with Gasteiger partial charge in [0, 0.05) is 12.6 Å². The summed E-state index contributed by atoms with van der Waals surface area (Å²) in [4.78, 5) is 11.4. The number of carbonyl (C=O) groups is 1. The van der Waals surface area contributed by atoms with Gasteiger partial charge in [0.05, 0.1) is 18.4 Å². The van der Waals surface area contributed by atoms with Gasteiger partial charge in [-0.1, -0.05) is 0 Å². The SMILES string of the molecule is CCn1c(C#N)cc(N)c1Oc1ccc(C(=O)OC)cc1. The number of nitrogens with two attached hydrogens (primary N) is 1. The van der Waals surface area contributed by atoms with Crippen molar-refractivity contribution in [2.45, 2.75) is 13.5 Å². The van der Waals surface area contributed by atoms with E-state index >= 15 is 0 Å². The smallest absolute Gasteiger partial charge is 0.337 e. The fourth-order valence-electron chi connectivity index (χ4n) is 1.96. The number of aromatic nitrogens is 1. The van der Waals surface area contributed by atoms with Gasteiger partial charge in [-0.2, -0.15) is 5.26 Å². The second-order valence-corrected chi connectivity index (χ2v) is 4.26. The molecule has 0 atom stereocenters. The highest BCUT2D eigenvalue weighted by atomic mass is 16.5. The normalized spacial score (nSPS) is 9.95. The van der Waals surface area contributed by atoms with Crippen LogP contribution in [-0.2, 0) is 11.3 Å². The molecular weight excluding hydrogens is 270 g/mol. The zero-order valence-electron chi connectivity index (χ0n) is 11.8. The van der Waals surface area contributed by atoms with Crippen LogP contribution in [0, 0.1) is 11.3 Å². The highest BCUT2D eigenvalue weighted by molar-refractivity contribution is 5.89. The van der Waals surface area contributed by atoms with Crippen molar-refractivity contribution < 1.29 is 14.3 Å². The summed E-state index contributed by atoms with van der Waals surface area (Å²) in [5.41, 5.74) is 7.14.